The van der Waals surface area contributed by atoms with Crippen molar-refractivity contribution in [1.82, 2.24) is 0 Å². The van der Waals surface area contributed by atoms with Crippen LogP contribution in [0, 0.1) is 0 Å². The summed E-state index contributed by atoms with van der Waals surface area (Å²) >= 11 is 0. The molecule has 0 bridgehead atoms. The van der Waals surface area contributed by atoms with Gasteiger partial charge in [-0.3, -0.25) is 14.4 Å². The predicted octanol–water partition coefficient (Wildman–Crippen LogP) is 17.5. The Morgan fingerprint density at radius 1 is 0.323 bits per heavy atom. The standard InChI is InChI=1S/C59H96O6/c1-4-7-10-13-16-19-22-25-27-28-29-30-32-34-37-40-43-46-49-52-58(61)64-55-56(54-63-57(60)51-48-45-42-39-36-33-24-21-18-15-12-9-6-3)65-59(62)53-50-47-44-41-38-35-31-26-23-20-17-14-11-8-5-2/h7,10,16-17,19-20,25-27,29-31,34,37-38,41,43,46,56H,4-6,8-9,11-15,18,21-24,28,32-33,35-36,39-40,42,44-45,47-55H2,1-3H3/b10-7-,19-16-,20-17-,27-25-,30-29-,31-26-,37-34-,41-38-,46-43-/t56-/m1/s1. The fraction of sp³-hybridized carbons (Fsp3) is 0.644. The van der Waals surface area contributed by atoms with Crippen molar-refractivity contribution < 1.29 is 28.6 Å². The minimum atomic E-state index is -0.828. The summed E-state index contributed by atoms with van der Waals surface area (Å²) in [5.74, 6) is -1.05. The average Bonchev–Trinajstić information content (AvgIpc) is 3.30. The van der Waals surface area contributed by atoms with Crippen LogP contribution in [0.3, 0.4) is 0 Å². The topological polar surface area (TPSA) is 78.9 Å². The first kappa shape index (κ1) is 61.1. The van der Waals surface area contributed by atoms with Gasteiger partial charge in [-0.2, -0.15) is 0 Å². The summed E-state index contributed by atoms with van der Waals surface area (Å²) in [7, 11) is 0. The molecular weight excluding hydrogens is 805 g/mol. The molecule has 65 heavy (non-hydrogen) atoms. The molecule has 0 radical (unpaired) electrons. The lowest BCUT2D eigenvalue weighted by molar-refractivity contribution is -0.166. The summed E-state index contributed by atoms with van der Waals surface area (Å²) in [6, 6.07) is 0. The van der Waals surface area contributed by atoms with Crippen LogP contribution in [0.1, 0.15) is 226 Å². The molecule has 0 aromatic rings. The summed E-state index contributed by atoms with van der Waals surface area (Å²) in [6.07, 6.45) is 70.8. The Morgan fingerprint density at radius 2 is 0.631 bits per heavy atom. The highest BCUT2D eigenvalue weighted by atomic mass is 16.6. The molecule has 0 aromatic heterocycles. The zero-order valence-corrected chi connectivity index (χ0v) is 42.0. The second kappa shape index (κ2) is 52.7. The summed E-state index contributed by atoms with van der Waals surface area (Å²) in [5, 5.41) is 0. The summed E-state index contributed by atoms with van der Waals surface area (Å²) < 4.78 is 16.7. The molecule has 0 aliphatic heterocycles. The molecule has 6 heteroatoms. The third kappa shape index (κ3) is 50.9. The SMILES string of the molecule is CC/C=C\C/C=C\C/C=C\C/C=C\C/C=C\C/C=C\CCC(=O)OC[C@@H](COC(=O)CCCCCCCCCCCCCCC)OC(=O)CCCC/C=C\C/C=C\C/C=C\CCCCC. The monoisotopic (exact) mass is 901 g/mol. The van der Waals surface area contributed by atoms with E-state index < -0.39 is 6.10 Å². The maximum atomic E-state index is 12.8. The van der Waals surface area contributed by atoms with Gasteiger partial charge in [0.15, 0.2) is 6.10 Å². The van der Waals surface area contributed by atoms with Crippen molar-refractivity contribution >= 4 is 17.9 Å². The number of esters is 3. The maximum absolute atomic E-state index is 12.8. The molecule has 0 heterocycles. The van der Waals surface area contributed by atoms with E-state index in [2.05, 4.69) is 118 Å². The second-order valence-corrected chi connectivity index (χ2v) is 17.1. The van der Waals surface area contributed by atoms with Gasteiger partial charge in [0.05, 0.1) is 0 Å². The largest absolute Gasteiger partial charge is 0.462 e. The third-order valence-electron chi connectivity index (χ3n) is 10.8. The third-order valence-corrected chi connectivity index (χ3v) is 10.8. The summed E-state index contributed by atoms with van der Waals surface area (Å²) in [6.45, 7) is 6.39. The molecule has 0 aromatic carbocycles. The number of hydrogen-bond donors (Lipinski definition) is 0. The fourth-order valence-electron chi connectivity index (χ4n) is 6.83. The molecule has 0 amide bonds. The van der Waals surface area contributed by atoms with E-state index in [0.29, 0.717) is 19.3 Å². The summed E-state index contributed by atoms with van der Waals surface area (Å²) in [4.78, 5) is 38.0. The van der Waals surface area contributed by atoms with E-state index in [9.17, 15) is 14.4 Å². The van der Waals surface area contributed by atoms with E-state index in [-0.39, 0.29) is 44.0 Å². The first-order valence-corrected chi connectivity index (χ1v) is 26.4. The van der Waals surface area contributed by atoms with E-state index in [1.165, 1.54) is 89.9 Å². The molecule has 0 N–H and O–H groups in total. The molecule has 0 saturated heterocycles. The Balaban J connectivity index is 4.57. The maximum Gasteiger partial charge on any atom is 0.306 e. The van der Waals surface area contributed by atoms with Crippen LogP contribution in [0.4, 0.5) is 0 Å². The number of allylic oxidation sites excluding steroid dienone is 18. The lowest BCUT2D eigenvalue weighted by atomic mass is 10.0. The van der Waals surface area contributed by atoms with Crippen LogP contribution in [-0.2, 0) is 28.6 Å². The van der Waals surface area contributed by atoms with Crippen molar-refractivity contribution in [1.29, 1.82) is 0 Å². The number of hydrogen-bond acceptors (Lipinski definition) is 6. The molecule has 0 spiro atoms. The Morgan fingerprint density at radius 3 is 1.06 bits per heavy atom. The van der Waals surface area contributed by atoms with Crippen LogP contribution >= 0.6 is 0 Å². The van der Waals surface area contributed by atoms with E-state index in [1.807, 2.05) is 12.2 Å². The molecule has 0 unspecified atom stereocenters. The van der Waals surface area contributed by atoms with Crippen molar-refractivity contribution in [2.75, 3.05) is 13.2 Å². The van der Waals surface area contributed by atoms with Crippen molar-refractivity contribution in [3.63, 3.8) is 0 Å². The van der Waals surface area contributed by atoms with Crippen molar-refractivity contribution in [3.05, 3.63) is 109 Å². The molecule has 6 nitrogen and oxygen atoms in total. The van der Waals surface area contributed by atoms with Crippen molar-refractivity contribution in [2.45, 2.75) is 232 Å². The van der Waals surface area contributed by atoms with Crippen LogP contribution in [0.15, 0.2) is 109 Å². The van der Waals surface area contributed by atoms with Gasteiger partial charge in [-0.1, -0.05) is 220 Å². The molecule has 0 aliphatic rings. The van der Waals surface area contributed by atoms with E-state index in [4.69, 9.17) is 14.2 Å². The van der Waals surface area contributed by atoms with E-state index >= 15 is 0 Å². The van der Waals surface area contributed by atoms with E-state index in [1.54, 1.807) is 0 Å². The number of carbonyl (C=O) groups excluding carboxylic acids is 3. The minimum absolute atomic E-state index is 0.117. The predicted molar refractivity (Wildman–Crippen MR) is 279 cm³/mol. The van der Waals surface area contributed by atoms with Gasteiger partial charge in [0.1, 0.15) is 13.2 Å². The fourth-order valence-corrected chi connectivity index (χ4v) is 6.83. The Kier molecular flexibility index (Phi) is 49.5. The normalized spacial score (nSPS) is 13.0. The second-order valence-electron chi connectivity index (χ2n) is 17.1. The molecule has 0 fully saturated rings. The number of rotatable bonds is 46. The molecule has 1 atom stereocenters. The number of ether oxygens (including phenoxy) is 3. The lowest BCUT2D eigenvalue weighted by Gasteiger charge is -2.18. The Labute approximate surface area is 400 Å². The zero-order valence-electron chi connectivity index (χ0n) is 42.0. The Bertz CT molecular complexity index is 1360. The van der Waals surface area contributed by atoms with Gasteiger partial charge in [0, 0.05) is 19.3 Å². The smallest absolute Gasteiger partial charge is 0.306 e. The summed E-state index contributed by atoms with van der Waals surface area (Å²) in [5.41, 5.74) is 0. The van der Waals surface area contributed by atoms with Crippen LogP contribution in [0.25, 0.3) is 0 Å². The number of unbranched alkanes of at least 4 members (excludes halogenated alkanes) is 17. The molecule has 0 rings (SSSR count). The van der Waals surface area contributed by atoms with Gasteiger partial charge in [0.2, 0.25) is 0 Å². The zero-order chi connectivity index (χ0) is 47.2. The highest BCUT2D eigenvalue weighted by Gasteiger charge is 2.19. The van der Waals surface area contributed by atoms with Crippen LogP contribution in [0.2, 0.25) is 0 Å². The highest BCUT2D eigenvalue weighted by Crippen LogP contribution is 2.14. The van der Waals surface area contributed by atoms with Gasteiger partial charge >= 0.3 is 17.9 Å². The van der Waals surface area contributed by atoms with Gasteiger partial charge in [0.25, 0.3) is 0 Å². The molecule has 368 valence electrons. The number of carbonyl (C=O) groups is 3. The van der Waals surface area contributed by atoms with Gasteiger partial charge in [-0.25, -0.2) is 0 Å². The quantitative estimate of drug-likeness (QED) is 0.0262. The van der Waals surface area contributed by atoms with Gasteiger partial charge < -0.3 is 14.2 Å². The average molecular weight is 901 g/mol. The molecular formula is C59H96O6. The first-order chi connectivity index (χ1) is 32.0. The van der Waals surface area contributed by atoms with E-state index in [0.717, 1.165) is 83.5 Å². The minimum Gasteiger partial charge on any atom is -0.462 e. The van der Waals surface area contributed by atoms with Crippen molar-refractivity contribution in [2.24, 2.45) is 0 Å². The van der Waals surface area contributed by atoms with Gasteiger partial charge in [-0.15, -0.1) is 0 Å². The first-order valence-electron chi connectivity index (χ1n) is 26.4. The van der Waals surface area contributed by atoms with Crippen LogP contribution in [-0.4, -0.2) is 37.2 Å². The van der Waals surface area contributed by atoms with Crippen LogP contribution < -0.4 is 0 Å². The van der Waals surface area contributed by atoms with Crippen LogP contribution in [0.5, 0.6) is 0 Å². The van der Waals surface area contributed by atoms with Gasteiger partial charge in [-0.05, 0) is 96.3 Å². The molecule has 0 aliphatic carbocycles. The van der Waals surface area contributed by atoms with Crippen molar-refractivity contribution in [3.8, 4) is 0 Å². The molecule has 0 saturated carbocycles. The Hall–Kier alpha value is -3.93. The highest BCUT2D eigenvalue weighted by molar-refractivity contribution is 5.71. The lowest BCUT2D eigenvalue weighted by Crippen LogP contribution is -2.30.